The van der Waals surface area contributed by atoms with Crippen molar-refractivity contribution in [3.63, 3.8) is 0 Å². The van der Waals surface area contributed by atoms with Crippen molar-refractivity contribution in [2.24, 2.45) is 0 Å². The molecule has 0 saturated carbocycles. The van der Waals surface area contributed by atoms with Crippen LogP contribution < -0.4 is 14.8 Å². The zero-order chi connectivity index (χ0) is 22.5. The lowest BCUT2D eigenvalue weighted by Crippen LogP contribution is -2.11. The van der Waals surface area contributed by atoms with Gasteiger partial charge in [0.15, 0.2) is 5.82 Å². The van der Waals surface area contributed by atoms with Crippen LogP contribution in [0.5, 0.6) is 11.8 Å². The molecule has 0 aliphatic rings. The Hall–Kier alpha value is -4.20. The number of carbonyl (C=O) groups excluding carboxylic acids is 1. The van der Waals surface area contributed by atoms with Crippen molar-refractivity contribution in [1.82, 2.24) is 14.8 Å². The van der Waals surface area contributed by atoms with Gasteiger partial charge < -0.3 is 14.8 Å². The molecule has 0 aliphatic carbocycles. The third-order valence-electron chi connectivity index (χ3n) is 4.69. The summed E-state index contributed by atoms with van der Waals surface area (Å²) < 4.78 is 25.5. The fraction of sp³-hybridized carbons (Fsp3) is 0.125. The molecule has 0 spiro atoms. The average Bonchev–Trinajstić information content (AvgIpc) is 3.24. The van der Waals surface area contributed by atoms with Crippen LogP contribution in [-0.4, -0.2) is 34.4 Å². The van der Waals surface area contributed by atoms with E-state index in [1.54, 1.807) is 72.5 Å². The first-order valence-corrected chi connectivity index (χ1v) is 9.99. The topological polar surface area (TPSA) is 78.3 Å². The molecule has 8 heteroatoms. The van der Waals surface area contributed by atoms with E-state index in [4.69, 9.17) is 9.47 Å². The van der Waals surface area contributed by atoms with Gasteiger partial charge in [0.05, 0.1) is 19.4 Å². The molecule has 0 radical (unpaired) electrons. The number of halogens is 1. The van der Waals surface area contributed by atoms with Gasteiger partial charge in [0.25, 0.3) is 5.91 Å². The molecule has 0 atom stereocenters. The second kappa shape index (κ2) is 9.30. The second-order valence-corrected chi connectivity index (χ2v) is 6.80. The molecular formula is C24H21FN4O3. The lowest BCUT2D eigenvalue weighted by Gasteiger charge is -2.09. The fourth-order valence-electron chi connectivity index (χ4n) is 3.08. The van der Waals surface area contributed by atoms with Crippen molar-refractivity contribution in [2.45, 2.75) is 6.92 Å². The van der Waals surface area contributed by atoms with E-state index >= 15 is 0 Å². The molecule has 0 saturated heterocycles. The van der Waals surface area contributed by atoms with Gasteiger partial charge in [-0.05, 0) is 79.7 Å². The molecule has 32 heavy (non-hydrogen) atoms. The predicted octanol–water partition coefficient (Wildman–Crippen LogP) is 4.73. The van der Waals surface area contributed by atoms with Crippen LogP contribution in [0.4, 0.5) is 10.1 Å². The van der Waals surface area contributed by atoms with Gasteiger partial charge in [-0.3, -0.25) is 4.79 Å². The lowest BCUT2D eigenvalue weighted by atomic mass is 10.2. The van der Waals surface area contributed by atoms with E-state index in [-0.39, 0.29) is 17.7 Å². The largest absolute Gasteiger partial charge is 0.497 e. The highest BCUT2D eigenvalue weighted by Gasteiger charge is 2.15. The summed E-state index contributed by atoms with van der Waals surface area (Å²) in [7, 11) is 1.57. The van der Waals surface area contributed by atoms with Crippen LogP contribution in [0.15, 0.2) is 72.8 Å². The number of hydrogen-bond acceptors (Lipinski definition) is 5. The maximum atomic E-state index is 13.4. The van der Waals surface area contributed by atoms with E-state index in [9.17, 15) is 9.18 Å². The number of hydrogen-bond donors (Lipinski definition) is 1. The van der Waals surface area contributed by atoms with Crippen LogP contribution in [-0.2, 0) is 0 Å². The zero-order valence-electron chi connectivity index (χ0n) is 17.6. The number of methoxy groups -OCH3 is 1. The minimum atomic E-state index is -0.332. The molecule has 0 bridgehead atoms. The van der Waals surface area contributed by atoms with Crippen LogP contribution in [0.3, 0.4) is 0 Å². The highest BCUT2D eigenvalue weighted by Crippen LogP contribution is 2.25. The van der Waals surface area contributed by atoms with Gasteiger partial charge in [-0.2, -0.15) is 4.98 Å². The summed E-state index contributed by atoms with van der Waals surface area (Å²) >= 11 is 0. The Morgan fingerprint density at radius 2 is 1.69 bits per heavy atom. The normalized spacial score (nSPS) is 10.6. The van der Waals surface area contributed by atoms with E-state index in [0.717, 1.165) is 0 Å². The molecule has 1 amide bonds. The highest BCUT2D eigenvalue weighted by molar-refractivity contribution is 6.04. The highest BCUT2D eigenvalue weighted by atomic mass is 19.1. The molecule has 1 N–H and O–H groups in total. The molecule has 7 nitrogen and oxygen atoms in total. The number of anilines is 1. The number of amides is 1. The van der Waals surface area contributed by atoms with Gasteiger partial charge in [-0.15, -0.1) is 5.10 Å². The first-order valence-electron chi connectivity index (χ1n) is 9.99. The fourth-order valence-corrected chi connectivity index (χ4v) is 3.08. The van der Waals surface area contributed by atoms with E-state index in [0.29, 0.717) is 40.7 Å². The van der Waals surface area contributed by atoms with Gasteiger partial charge in [0.2, 0.25) is 0 Å². The molecule has 4 aromatic rings. The van der Waals surface area contributed by atoms with E-state index in [1.165, 1.54) is 12.1 Å². The third kappa shape index (κ3) is 4.59. The number of benzene rings is 3. The summed E-state index contributed by atoms with van der Waals surface area (Å²) in [6.45, 7) is 2.27. The Balaban J connectivity index is 1.58. The maximum absolute atomic E-state index is 13.4. The van der Waals surface area contributed by atoms with Crippen molar-refractivity contribution in [3.05, 3.63) is 84.2 Å². The number of nitrogens with zero attached hydrogens (tertiary/aromatic N) is 3. The summed E-state index contributed by atoms with van der Waals surface area (Å²) in [4.78, 5) is 16.9. The standard InChI is InChI=1S/C24H21FN4O3/c1-3-32-24-27-22(16-4-8-18(25)9-5-16)29(28-24)20-12-10-19(11-13-20)26-23(30)17-6-14-21(31-2)15-7-17/h4-15H,3H2,1-2H3,(H,26,30). The molecule has 1 heterocycles. The number of nitrogens with one attached hydrogen (secondary N) is 1. The summed E-state index contributed by atoms with van der Waals surface area (Å²) in [6.07, 6.45) is 0. The average molecular weight is 432 g/mol. The van der Waals surface area contributed by atoms with Gasteiger partial charge in [0, 0.05) is 16.8 Å². The maximum Gasteiger partial charge on any atom is 0.336 e. The molecule has 3 aromatic carbocycles. The lowest BCUT2D eigenvalue weighted by molar-refractivity contribution is 0.102. The van der Waals surface area contributed by atoms with Crippen LogP contribution in [0.25, 0.3) is 17.1 Å². The summed E-state index contributed by atoms with van der Waals surface area (Å²) in [5.74, 6) is 0.638. The zero-order valence-corrected chi connectivity index (χ0v) is 17.6. The van der Waals surface area contributed by atoms with Crippen molar-refractivity contribution < 1.29 is 18.7 Å². The Morgan fingerprint density at radius 3 is 2.31 bits per heavy atom. The minimum absolute atomic E-state index is 0.226. The Kier molecular flexibility index (Phi) is 6.12. The van der Waals surface area contributed by atoms with Crippen molar-refractivity contribution in [1.29, 1.82) is 0 Å². The van der Waals surface area contributed by atoms with Crippen molar-refractivity contribution >= 4 is 11.6 Å². The van der Waals surface area contributed by atoms with Gasteiger partial charge in [-0.25, -0.2) is 9.07 Å². The first-order chi connectivity index (χ1) is 15.6. The summed E-state index contributed by atoms with van der Waals surface area (Å²) in [5, 5.41) is 7.27. The minimum Gasteiger partial charge on any atom is -0.497 e. The molecule has 0 fully saturated rings. The summed E-state index contributed by atoms with van der Waals surface area (Å²) in [6, 6.07) is 20.2. The van der Waals surface area contributed by atoms with Crippen molar-refractivity contribution in [3.8, 4) is 28.8 Å². The Morgan fingerprint density at radius 1 is 1.00 bits per heavy atom. The number of ether oxygens (including phenoxy) is 2. The molecule has 0 aliphatic heterocycles. The predicted molar refractivity (Wildman–Crippen MR) is 119 cm³/mol. The van der Waals surface area contributed by atoms with Crippen LogP contribution >= 0.6 is 0 Å². The number of rotatable bonds is 7. The molecule has 4 rings (SSSR count). The van der Waals surface area contributed by atoms with Crippen LogP contribution in [0.1, 0.15) is 17.3 Å². The quantitative estimate of drug-likeness (QED) is 0.457. The second-order valence-electron chi connectivity index (χ2n) is 6.80. The van der Waals surface area contributed by atoms with E-state index in [2.05, 4.69) is 15.4 Å². The van der Waals surface area contributed by atoms with Crippen LogP contribution in [0.2, 0.25) is 0 Å². The number of aromatic nitrogens is 3. The Labute approximate surface area is 184 Å². The van der Waals surface area contributed by atoms with E-state index < -0.39 is 0 Å². The van der Waals surface area contributed by atoms with Gasteiger partial charge in [-0.1, -0.05) is 0 Å². The van der Waals surface area contributed by atoms with Gasteiger partial charge >= 0.3 is 6.01 Å². The van der Waals surface area contributed by atoms with Crippen LogP contribution in [0, 0.1) is 5.82 Å². The molecule has 0 unspecified atom stereocenters. The molecule has 162 valence electrons. The third-order valence-corrected chi connectivity index (χ3v) is 4.69. The molecular weight excluding hydrogens is 411 g/mol. The van der Waals surface area contributed by atoms with Crippen molar-refractivity contribution in [2.75, 3.05) is 19.0 Å². The number of carbonyl (C=O) groups is 1. The molecule has 1 aromatic heterocycles. The van der Waals surface area contributed by atoms with Gasteiger partial charge in [0.1, 0.15) is 11.6 Å². The SMILES string of the molecule is CCOc1nc(-c2ccc(F)cc2)n(-c2ccc(NC(=O)c3ccc(OC)cc3)cc2)n1. The first kappa shape index (κ1) is 21.0. The summed E-state index contributed by atoms with van der Waals surface area (Å²) in [5.41, 5.74) is 2.56. The smallest absolute Gasteiger partial charge is 0.336 e. The monoisotopic (exact) mass is 432 g/mol. The van der Waals surface area contributed by atoms with E-state index in [1.807, 2.05) is 6.92 Å². The Bertz CT molecular complexity index is 1200.